The van der Waals surface area contributed by atoms with Crippen LogP contribution in [0.4, 0.5) is 5.69 Å². The van der Waals surface area contributed by atoms with Gasteiger partial charge in [-0.2, -0.15) is 0 Å². The van der Waals surface area contributed by atoms with Crippen LogP contribution < -0.4 is 4.90 Å². The molecule has 2 fully saturated rings. The number of ether oxygens (including phenoxy) is 1. The second-order valence-electron chi connectivity index (χ2n) is 10.4. The Labute approximate surface area is 200 Å². The third-order valence-corrected chi connectivity index (χ3v) is 7.59. The van der Waals surface area contributed by atoms with Crippen LogP contribution in [-0.2, 0) is 11.3 Å². The molecule has 0 radical (unpaired) electrons. The third-order valence-electron chi connectivity index (χ3n) is 7.59. The van der Waals surface area contributed by atoms with Gasteiger partial charge in [0.1, 0.15) is 5.82 Å². The highest BCUT2D eigenvalue weighted by atomic mass is 16.5. The zero-order chi connectivity index (χ0) is 23.2. The second-order valence-corrected chi connectivity index (χ2v) is 10.4. The summed E-state index contributed by atoms with van der Waals surface area (Å²) in [5.41, 5.74) is 6.42. The molecule has 34 heavy (non-hydrogen) atoms. The lowest BCUT2D eigenvalue weighted by atomic mass is 9.89. The summed E-state index contributed by atoms with van der Waals surface area (Å²) in [6.07, 6.45) is 7.14. The van der Waals surface area contributed by atoms with E-state index in [1.165, 1.54) is 43.3 Å². The summed E-state index contributed by atoms with van der Waals surface area (Å²) in [7, 11) is 0. The lowest BCUT2D eigenvalue weighted by Crippen LogP contribution is -2.45. The Kier molecular flexibility index (Phi) is 5.56. The van der Waals surface area contributed by atoms with Crippen LogP contribution in [0.5, 0.6) is 0 Å². The Morgan fingerprint density at radius 3 is 2.56 bits per heavy atom. The molecular weight excluding hydrogens is 424 g/mol. The van der Waals surface area contributed by atoms with Gasteiger partial charge < -0.3 is 18.7 Å². The minimum atomic E-state index is 0.237. The number of hydrogen-bond acceptors (Lipinski definition) is 5. The van der Waals surface area contributed by atoms with E-state index in [-0.39, 0.29) is 12.2 Å². The van der Waals surface area contributed by atoms with Crippen LogP contribution in [0, 0.1) is 12.8 Å². The van der Waals surface area contributed by atoms with Gasteiger partial charge in [0, 0.05) is 36.3 Å². The lowest BCUT2D eigenvalue weighted by molar-refractivity contribution is -0.00521. The lowest BCUT2D eigenvalue weighted by Gasteiger charge is -2.37. The molecule has 1 aliphatic heterocycles. The van der Waals surface area contributed by atoms with Crippen molar-refractivity contribution in [2.24, 2.45) is 5.92 Å². The molecule has 1 aliphatic carbocycles. The largest absolute Gasteiger partial charge is 0.372 e. The molecule has 1 saturated carbocycles. The van der Waals surface area contributed by atoms with Gasteiger partial charge in [-0.05, 0) is 75.9 Å². The smallest absolute Gasteiger partial charge is 0.167 e. The van der Waals surface area contributed by atoms with E-state index in [0.717, 1.165) is 53.2 Å². The molecule has 6 nitrogen and oxygen atoms in total. The third kappa shape index (κ3) is 3.98. The molecule has 2 aliphatic rings. The van der Waals surface area contributed by atoms with E-state index < -0.39 is 0 Å². The van der Waals surface area contributed by atoms with Gasteiger partial charge in [-0.3, -0.25) is 0 Å². The minimum absolute atomic E-state index is 0.237. The fourth-order valence-electron chi connectivity index (χ4n) is 5.93. The number of aromatic nitrogens is 3. The topological polar surface area (TPSA) is 56.3 Å². The van der Waals surface area contributed by atoms with Crippen LogP contribution in [0.3, 0.4) is 0 Å². The molecule has 178 valence electrons. The molecule has 0 bridgehead atoms. The zero-order valence-corrected chi connectivity index (χ0v) is 20.5. The number of morpholine rings is 1. The predicted octanol–water partition coefficient (Wildman–Crippen LogP) is 6.35. The molecule has 6 rings (SSSR count). The van der Waals surface area contributed by atoms with Gasteiger partial charge in [0.2, 0.25) is 0 Å². The highest BCUT2D eigenvalue weighted by Gasteiger charge is 2.24. The second kappa shape index (κ2) is 8.73. The number of aryl methyl sites for hydroxylation is 1. The predicted molar refractivity (Wildman–Crippen MR) is 136 cm³/mol. The maximum atomic E-state index is 5.98. The summed E-state index contributed by atoms with van der Waals surface area (Å²) >= 11 is 0. The first-order valence-electron chi connectivity index (χ1n) is 12.8. The van der Waals surface area contributed by atoms with E-state index in [2.05, 4.69) is 58.8 Å². The first-order chi connectivity index (χ1) is 16.5. The van der Waals surface area contributed by atoms with E-state index in [0.29, 0.717) is 5.92 Å². The summed E-state index contributed by atoms with van der Waals surface area (Å²) in [6.45, 7) is 9.18. The van der Waals surface area contributed by atoms with Crippen LogP contribution in [0.1, 0.15) is 51.6 Å². The summed E-state index contributed by atoms with van der Waals surface area (Å²) in [4.78, 5) is 7.61. The molecule has 6 heteroatoms. The number of anilines is 1. The van der Waals surface area contributed by atoms with Crippen molar-refractivity contribution in [1.82, 2.24) is 14.7 Å². The maximum Gasteiger partial charge on any atom is 0.167 e. The van der Waals surface area contributed by atoms with Crippen LogP contribution in [0.25, 0.3) is 33.4 Å². The first kappa shape index (κ1) is 21.7. The highest BCUT2D eigenvalue weighted by molar-refractivity contribution is 5.88. The van der Waals surface area contributed by atoms with E-state index in [1.54, 1.807) is 0 Å². The first-order valence-corrected chi connectivity index (χ1v) is 12.8. The Balaban J connectivity index is 1.46. The standard InChI is InChI=1S/C28H34N4O2/c1-18-15-31(16-19(2)33-18)23-10-11-25-26(14-23)32(17-21-7-5-4-6-8-21)28(29-25)22-9-12-27-24(13-22)20(3)30-34-27/h9-14,18-19,21H,4-8,15-17H2,1-3H3/t18-,19+. The summed E-state index contributed by atoms with van der Waals surface area (Å²) < 4.78 is 13.9. The SMILES string of the molecule is Cc1noc2ccc(-c3nc4ccc(N5C[C@@H](C)O[C@@H](C)C5)cc4n3CC3CCCCC3)cc12. The molecule has 0 spiro atoms. The van der Waals surface area contributed by atoms with Crippen molar-refractivity contribution in [1.29, 1.82) is 0 Å². The Morgan fingerprint density at radius 2 is 1.76 bits per heavy atom. The molecule has 3 heterocycles. The quantitative estimate of drug-likeness (QED) is 0.357. The molecule has 1 saturated heterocycles. The number of imidazole rings is 1. The van der Waals surface area contributed by atoms with Gasteiger partial charge in [0.05, 0.1) is 28.9 Å². The fourth-order valence-corrected chi connectivity index (χ4v) is 5.93. The van der Waals surface area contributed by atoms with Gasteiger partial charge in [-0.25, -0.2) is 4.98 Å². The average Bonchev–Trinajstić information content (AvgIpc) is 3.39. The van der Waals surface area contributed by atoms with Gasteiger partial charge in [-0.1, -0.05) is 24.4 Å². The molecule has 0 N–H and O–H groups in total. The Bertz CT molecular complexity index is 1310. The average molecular weight is 459 g/mol. The maximum absolute atomic E-state index is 5.98. The highest BCUT2D eigenvalue weighted by Crippen LogP contribution is 2.34. The van der Waals surface area contributed by atoms with Crippen LogP contribution in [-0.4, -0.2) is 40.0 Å². The van der Waals surface area contributed by atoms with Gasteiger partial charge >= 0.3 is 0 Å². The number of rotatable bonds is 4. The van der Waals surface area contributed by atoms with E-state index in [4.69, 9.17) is 14.2 Å². The molecule has 0 unspecified atom stereocenters. The van der Waals surface area contributed by atoms with Crippen molar-refractivity contribution in [3.63, 3.8) is 0 Å². The molecule has 0 amide bonds. The van der Waals surface area contributed by atoms with E-state index in [1.807, 2.05) is 13.0 Å². The van der Waals surface area contributed by atoms with Crippen molar-refractivity contribution >= 4 is 27.7 Å². The minimum Gasteiger partial charge on any atom is -0.372 e. The zero-order valence-electron chi connectivity index (χ0n) is 20.5. The van der Waals surface area contributed by atoms with Gasteiger partial charge in [0.15, 0.2) is 5.58 Å². The summed E-state index contributed by atoms with van der Waals surface area (Å²) in [5.74, 6) is 1.75. The fraction of sp³-hybridized carbons (Fsp3) is 0.500. The number of hydrogen-bond donors (Lipinski definition) is 0. The summed E-state index contributed by atoms with van der Waals surface area (Å²) in [5, 5.41) is 5.21. The van der Waals surface area contributed by atoms with Crippen molar-refractivity contribution in [3.8, 4) is 11.4 Å². The van der Waals surface area contributed by atoms with E-state index >= 15 is 0 Å². The van der Waals surface area contributed by atoms with Crippen LogP contribution >= 0.6 is 0 Å². The number of nitrogens with zero attached hydrogens (tertiary/aromatic N) is 4. The molecule has 2 atom stereocenters. The van der Waals surface area contributed by atoms with E-state index in [9.17, 15) is 0 Å². The monoisotopic (exact) mass is 458 g/mol. The molecule has 4 aromatic rings. The van der Waals surface area contributed by atoms with Gasteiger partial charge in [-0.15, -0.1) is 0 Å². The molecule has 2 aromatic heterocycles. The Hall–Kier alpha value is -2.86. The van der Waals surface area contributed by atoms with Crippen molar-refractivity contribution in [2.75, 3.05) is 18.0 Å². The summed E-state index contributed by atoms with van der Waals surface area (Å²) in [6, 6.07) is 13.1. The van der Waals surface area contributed by atoms with Crippen molar-refractivity contribution in [3.05, 3.63) is 42.1 Å². The van der Waals surface area contributed by atoms with Crippen LogP contribution in [0.2, 0.25) is 0 Å². The van der Waals surface area contributed by atoms with Crippen LogP contribution in [0.15, 0.2) is 40.9 Å². The molecular formula is C28H34N4O2. The van der Waals surface area contributed by atoms with Crippen molar-refractivity contribution in [2.45, 2.75) is 71.6 Å². The Morgan fingerprint density at radius 1 is 0.971 bits per heavy atom. The molecule has 2 aromatic carbocycles. The normalized spacial score (nSPS) is 22.1. The van der Waals surface area contributed by atoms with Gasteiger partial charge in [0.25, 0.3) is 0 Å². The van der Waals surface area contributed by atoms with Crippen molar-refractivity contribution < 1.29 is 9.26 Å². The number of fused-ring (bicyclic) bond motifs is 2. The number of benzene rings is 2.